The molecule has 0 saturated carbocycles. The van der Waals surface area contributed by atoms with Crippen molar-refractivity contribution in [3.05, 3.63) is 63.6 Å². The Morgan fingerprint density at radius 1 is 0.547 bits per heavy atom. The van der Waals surface area contributed by atoms with E-state index in [4.69, 9.17) is 42.2 Å². The number of likely N-dealkylation sites (N-methyl/N-ethyl adjacent to an activating group) is 3. The number of fused-ring (bicyclic) bond motifs is 3. The van der Waals surface area contributed by atoms with Crippen LogP contribution in [0.4, 0.5) is 23.7 Å². The molecule has 0 bridgehead atoms. The number of anilines is 4. The topological polar surface area (TPSA) is 124 Å². The van der Waals surface area contributed by atoms with Gasteiger partial charge < -0.3 is 48.4 Å². The Morgan fingerprint density at radius 3 is 1.57 bits per heavy atom. The number of piperazine rings is 3. The average molecular weight is 764 g/mol. The Bertz CT molecular complexity index is 2120. The molecule has 0 spiro atoms. The van der Waals surface area contributed by atoms with Crippen LogP contribution >= 0.6 is 23.2 Å². The molecule has 0 amide bonds. The third-order valence-corrected chi connectivity index (χ3v) is 10.5. The van der Waals surface area contributed by atoms with Gasteiger partial charge in [-0.05, 0) is 76.4 Å². The van der Waals surface area contributed by atoms with E-state index in [1.54, 1.807) is 12.1 Å². The van der Waals surface area contributed by atoms with Gasteiger partial charge in [-0.15, -0.1) is 0 Å². The van der Waals surface area contributed by atoms with Gasteiger partial charge in [0.25, 0.3) is 18.0 Å². The lowest BCUT2D eigenvalue weighted by molar-refractivity contribution is 0.305. The van der Waals surface area contributed by atoms with Gasteiger partial charge in [-0.25, -0.2) is 0 Å². The molecule has 13 nitrogen and oxygen atoms in total. The maximum absolute atomic E-state index is 5.97. The van der Waals surface area contributed by atoms with Gasteiger partial charge in [-0.1, -0.05) is 29.3 Å². The summed E-state index contributed by atoms with van der Waals surface area (Å²) in [5.74, 6) is 0. The fourth-order valence-electron chi connectivity index (χ4n) is 6.60. The molecular weight excluding hydrogens is 715 g/mol. The van der Waals surface area contributed by atoms with Gasteiger partial charge in [0.2, 0.25) is 0 Å². The summed E-state index contributed by atoms with van der Waals surface area (Å²) in [5.41, 5.74) is 13.6. The minimum Gasteiger partial charge on any atom is -0.423 e. The third kappa shape index (κ3) is 8.76. The van der Waals surface area contributed by atoms with Crippen LogP contribution in [0, 0.1) is 13.8 Å². The summed E-state index contributed by atoms with van der Waals surface area (Å²) in [7, 11) is 6.39. The summed E-state index contributed by atoms with van der Waals surface area (Å²) in [6, 6.07) is 15.3. The smallest absolute Gasteiger partial charge is 0.298 e. The Balaban J connectivity index is 0.000000123. The highest BCUT2D eigenvalue weighted by Gasteiger charge is 2.22. The van der Waals surface area contributed by atoms with Crippen molar-refractivity contribution in [3.8, 4) is 0 Å². The highest BCUT2D eigenvalue weighted by atomic mass is 35.5. The molecule has 3 fully saturated rings. The maximum Gasteiger partial charge on any atom is 0.298 e. The second kappa shape index (κ2) is 16.0. The van der Waals surface area contributed by atoms with Crippen LogP contribution in [-0.2, 0) is 0 Å². The molecule has 0 aliphatic carbocycles. The molecule has 9 rings (SSSR count). The highest BCUT2D eigenvalue weighted by Crippen LogP contribution is 2.30. The zero-order chi connectivity index (χ0) is 37.2. The number of aryl methyl sites for hydroxylation is 2. The zero-order valence-corrected chi connectivity index (χ0v) is 32.6. The molecule has 3 aliphatic heterocycles. The molecule has 0 atom stereocenters. The van der Waals surface area contributed by atoms with Crippen molar-refractivity contribution >= 4 is 80.2 Å². The predicted molar refractivity (Wildman–Crippen MR) is 215 cm³/mol. The summed E-state index contributed by atoms with van der Waals surface area (Å²) in [4.78, 5) is 27.0. The van der Waals surface area contributed by atoms with Crippen LogP contribution in [0.5, 0.6) is 0 Å². The molecule has 0 radical (unpaired) electrons. The minimum absolute atomic E-state index is 0.515. The van der Waals surface area contributed by atoms with Crippen LogP contribution in [0.1, 0.15) is 11.1 Å². The molecule has 6 heterocycles. The van der Waals surface area contributed by atoms with Gasteiger partial charge in [0.15, 0.2) is 16.7 Å². The quantitative estimate of drug-likeness (QED) is 0.205. The van der Waals surface area contributed by atoms with Crippen molar-refractivity contribution in [1.82, 2.24) is 29.7 Å². The first kappa shape index (κ1) is 37.1. The summed E-state index contributed by atoms with van der Waals surface area (Å²) in [6.07, 6.45) is 0. The van der Waals surface area contributed by atoms with Crippen LogP contribution in [0.15, 0.2) is 55.7 Å². The van der Waals surface area contributed by atoms with Gasteiger partial charge >= 0.3 is 0 Å². The second-order valence-electron chi connectivity index (χ2n) is 14.2. The number of halogens is 2. The number of nitrogens with two attached hydrogens (primary N) is 1. The molecule has 15 heteroatoms. The van der Waals surface area contributed by atoms with Crippen molar-refractivity contribution in [3.63, 3.8) is 0 Å². The largest absolute Gasteiger partial charge is 0.423 e. The summed E-state index contributed by atoms with van der Waals surface area (Å²) in [5, 5.41) is 1.21. The second-order valence-corrected chi connectivity index (χ2v) is 15.1. The highest BCUT2D eigenvalue weighted by molar-refractivity contribution is 6.33. The Hall–Kier alpha value is -4.27. The van der Waals surface area contributed by atoms with E-state index in [1.807, 2.05) is 18.2 Å². The lowest BCUT2D eigenvalue weighted by Gasteiger charge is -2.31. The Morgan fingerprint density at radius 2 is 1.02 bits per heavy atom. The van der Waals surface area contributed by atoms with E-state index in [-0.39, 0.29) is 0 Å². The van der Waals surface area contributed by atoms with Gasteiger partial charge in [-0.2, -0.15) is 15.0 Å². The van der Waals surface area contributed by atoms with Gasteiger partial charge in [0.05, 0.1) is 10.7 Å². The van der Waals surface area contributed by atoms with Crippen LogP contribution in [0.3, 0.4) is 0 Å². The molecule has 3 aromatic heterocycles. The fraction of sp³-hybridized carbons (Fsp3) is 0.447. The van der Waals surface area contributed by atoms with Crippen molar-refractivity contribution in [2.24, 2.45) is 0 Å². The number of hydrogen-bond acceptors (Lipinski definition) is 13. The lowest BCUT2D eigenvalue weighted by atomic mass is 10.1. The van der Waals surface area contributed by atoms with E-state index in [0.717, 1.165) is 118 Å². The van der Waals surface area contributed by atoms with E-state index in [2.05, 4.69) is 91.5 Å². The number of hydrogen-bond donors (Lipinski definition) is 1. The maximum atomic E-state index is 5.97. The molecule has 3 saturated heterocycles. The number of benzene rings is 3. The van der Waals surface area contributed by atoms with Crippen molar-refractivity contribution in [2.45, 2.75) is 13.8 Å². The minimum atomic E-state index is 0.515. The first-order valence-electron chi connectivity index (χ1n) is 18.1. The number of nitrogen functional groups attached to an aromatic ring is 1. The number of rotatable bonds is 3. The molecule has 2 N–H and O–H groups in total. The van der Waals surface area contributed by atoms with E-state index in [9.17, 15) is 0 Å². The standard InChI is InChI=1S/C14H19N3O.C12H15ClN4O.C12H14ClN3O/c1-10-8-11(2)13-12(9-10)15-14(18-13)17-6-4-16(3)5-7-17;1-16-2-4-17(5-3-16)12-15-10-6-8(13)9(14)7-11(10)18-12;1-15-4-6-16(7-5-15)12-14-10-8-9(13)2-3-11(10)17-12/h8-9H,4-7H2,1-3H3;6-7H,2-5,14H2,1H3;2-3,8H,4-7H2,1H3. The molecule has 6 aromatic rings. The molecule has 53 heavy (non-hydrogen) atoms. The van der Waals surface area contributed by atoms with Crippen molar-refractivity contribution < 1.29 is 13.3 Å². The molecule has 0 unspecified atom stereocenters. The first-order chi connectivity index (χ1) is 25.5. The van der Waals surface area contributed by atoms with Crippen LogP contribution < -0.4 is 20.4 Å². The lowest BCUT2D eigenvalue weighted by Crippen LogP contribution is -2.44. The van der Waals surface area contributed by atoms with E-state index < -0.39 is 0 Å². The first-order valence-corrected chi connectivity index (χ1v) is 18.8. The van der Waals surface area contributed by atoms with Gasteiger partial charge in [-0.3, -0.25) is 0 Å². The predicted octanol–water partition coefficient (Wildman–Crippen LogP) is 6.24. The Kier molecular flexibility index (Phi) is 11.2. The monoisotopic (exact) mass is 762 g/mol. The summed E-state index contributed by atoms with van der Waals surface area (Å²) < 4.78 is 17.4. The van der Waals surface area contributed by atoms with E-state index in [1.165, 1.54) is 5.56 Å². The van der Waals surface area contributed by atoms with E-state index in [0.29, 0.717) is 33.3 Å². The normalized spacial score (nSPS) is 17.7. The number of nitrogens with zero attached hydrogens (tertiary/aromatic N) is 9. The SMILES string of the molecule is CN1CCN(c2nc3cc(Cl)c(N)cc3o2)CC1.CN1CCN(c2nc3cc(Cl)ccc3o2)CC1.Cc1cc(C)c2oc(N3CCN(C)CC3)nc2c1. The van der Waals surface area contributed by atoms with Crippen LogP contribution in [0.2, 0.25) is 10.0 Å². The molecular formula is C38H48Cl2N10O3. The molecule has 3 aliphatic rings. The average Bonchev–Trinajstić information content (AvgIpc) is 3.87. The molecule has 282 valence electrons. The van der Waals surface area contributed by atoms with Gasteiger partial charge in [0, 0.05) is 89.6 Å². The van der Waals surface area contributed by atoms with Crippen LogP contribution in [0.25, 0.3) is 33.3 Å². The fourth-order valence-corrected chi connectivity index (χ4v) is 6.93. The summed E-state index contributed by atoms with van der Waals surface area (Å²) >= 11 is 11.9. The summed E-state index contributed by atoms with van der Waals surface area (Å²) in [6.45, 7) is 16.1. The zero-order valence-electron chi connectivity index (χ0n) is 31.1. The molecule has 3 aromatic carbocycles. The van der Waals surface area contributed by atoms with Gasteiger partial charge in [0.1, 0.15) is 16.6 Å². The van der Waals surface area contributed by atoms with Crippen molar-refractivity contribution in [2.75, 3.05) is 120 Å². The van der Waals surface area contributed by atoms with E-state index >= 15 is 0 Å². The number of oxazole rings is 3. The van der Waals surface area contributed by atoms with Crippen molar-refractivity contribution in [1.29, 1.82) is 0 Å². The number of aromatic nitrogens is 3. The van der Waals surface area contributed by atoms with Crippen LogP contribution in [-0.4, -0.2) is 129 Å². The Labute approximate surface area is 319 Å². The third-order valence-electron chi connectivity index (χ3n) is 9.96.